The highest BCUT2D eigenvalue weighted by molar-refractivity contribution is 7.89. The first kappa shape index (κ1) is 18.8. The number of nitrogens with zero attached hydrogens (tertiary/aromatic N) is 2. The Hall–Kier alpha value is -2.97. The van der Waals surface area contributed by atoms with Crippen molar-refractivity contribution in [1.82, 2.24) is 14.5 Å². The van der Waals surface area contributed by atoms with Crippen LogP contribution in [0.1, 0.15) is 6.42 Å². The number of aromatic nitrogens is 2. The van der Waals surface area contributed by atoms with Crippen molar-refractivity contribution in [2.24, 2.45) is 0 Å². The lowest BCUT2D eigenvalue weighted by Gasteiger charge is -2.09. The molecule has 3 aromatic rings. The molecular weight excluding hydrogens is 366 g/mol. The Morgan fingerprint density at radius 3 is 2.33 bits per heavy atom. The molecule has 0 saturated heterocycles. The molecule has 0 bridgehead atoms. The summed E-state index contributed by atoms with van der Waals surface area (Å²) in [5.74, 6) is 1.23. The van der Waals surface area contributed by atoms with E-state index in [-0.39, 0.29) is 17.0 Å². The molecule has 3 rings (SSSR count). The van der Waals surface area contributed by atoms with Crippen molar-refractivity contribution in [3.05, 3.63) is 83.3 Å². The summed E-state index contributed by atoms with van der Waals surface area (Å²) in [5.41, 5.74) is -0.214. The van der Waals surface area contributed by atoms with Crippen LogP contribution in [-0.4, -0.2) is 24.7 Å². The van der Waals surface area contributed by atoms with Gasteiger partial charge in [0.2, 0.25) is 10.0 Å². The highest BCUT2D eigenvalue weighted by Gasteiger charge is 2.13. The standard InChI is InChI=1S/C19H19N3O4S/c23-19-8-4-13-20-22(19)15-5-14-21-27(24,25)18-11-9-17(10-12-18)26-16-6-2-1-3-7-16/h1-4,6-13,21H,5,14-15H2. The molecule has 2 aromatic carbocycles. The predicted octanol–water partition coefficient (Wildman–Crippen LogP) is 2.40. The van der Waals surface area contributed by atoms with Crippen LogP contribution in [0.15, 0.2) is 82.6 Å². The van der Waals surface area contributed by atoms with Gasteiger partial charge in [-0.2, -0.15) is 5.10 Å². The van der Waals surface area contributed by atoms with Crippen LogP contribution < -0.4 is 15.0 Å². The minimum absolute atomic E-state index is 0.151. The van der Waals surface area contributed by atoms with Gasteiger partial charge in [-0.15, -0.1) is 0 Å². The van der Waals surface area contributed by atoms with Gasteiger partial charge in [0.1, 0.15) is 11.5 Å². The zero-order chi connectivity index (χ0) is 19.1. The third-order valence-corrected chi connectivity index (χ3v) is 5.21. The molecule has 140 valence electrons. The minimum Gasteiger partial charge on any atom is -0.457 e. The lowest BCUT2D eigenvalue weighted by molar-refractivity contribution is 0.482. The third-order valence-electron chi connectivity index (χ3n) is 3.74. The van der Waals surface area contributed by atoms with Crippen LogP contribution in [0.3, 0.4) is 0 Å². The fourth-order valence-corrected chi connectivity index (χ4v) is 3.46. The first-order chi connectivity index (χ1) is 13.0. The number of sulfonamides is 1. The normalized spacial score (nSPS) is 11.3. The second-order valence-corrected chi connectivity index (χ2v) is 7.49. The molecule has 0 aliphatic rings. The molecule has 0 amide bonds. The molecule has 0 saturated carbocycles. The number of ether oxygens (including phenoxy) is 1. The third kappa shape index (κ3) is 5.25. The van der Waals surface area contributed by atoms with Crippen molar-refractivity contribution >= 4 is 10.0 Å². The number of para-hydroxylation sites is 1. The van der Waals surface area contributed by atoms with E-state index in [1.807, 2.05) is 30.3 Å². The van der Waals surface area contributed by atoms with Crippen LogP contribution in [0.4, 0.5) is 0 Å². The van der Waals surface area contributed by atoms with Crippen molar-refractivity contribution in [3.63, 3.8) is 0 Å². The zero-order valence-electron chi connectivity index (χ0n) is 14.5. The molecule has 0 fully saturated rings. The topological polar surface area (TPSA) is 90.3 Å². The number of benzene rings is 2. The van der Waals surface area contributed by atoms with Crippen molar-refractivity contribution in [3.8, 4) is 11.5 Å². The molecule has 0 aliphatic heterocycles. The van der Waals surface area contributed by atoms with Gasteiger partial charge in [-0.25, -0.2) is 17.8 Å². The van der Waals surface area contributed by atoms with Gasteiger partial charge < -0.3 is 4.74 Å². The minimum atomic E-state index is -3.63. The summed E-state index contributed by atoms with van der Waals surface area (Å²) < 4.78 is 34.2. The van der Waals surface area contributed by atoms with E-state index in [4.69, 9.17) is 4.74 Å². The summed E-state index contributed by atoms with van der Waals surface area (Å²) >= 11 is 0. The van der Waals surface area contributed by atoms with Crippen molar-refractivity contribution in [2.45, 2.75) is 17.9 Å². The summed E-state index contributed by atoms with van der Waals surface area (Å²) in [7, 11) is -3.63. The number of nitrogens with one attached hydrogen (secondary N) is 1. The van der Waals surface area contributed by atoms with Gasteiger partial charge in [0, 0.05) is 25.4 Å². The second-order valence-electron chi connectivity index (χ2n) is 5.72. The Morgan fingerprint density at radius 2 is 1.63 bits per heavy atom. The summed E-state index contributed by atoms with van der Waals surface area (Å²) in [4.78, 5) is 11.7. The Labute approximate surface area is 157 Å². The van der Waals surface area contributed by atoms with Gasteiger partial charge in [-0.1, -0.05) is 18.2 Å². The van der Waals surface area contributed by atoms with E-state index < -0.39 is 10.0 Å². The van der Waals surface area contributed by atoms with E-state index in [9.17, 15) is 13.2 Å². The molecule has 0 spiro atoms. The lowest BCUT2D eigenvalue weighted by atomic mass is 10.3. The van der Waals surface area contributed by atoms with Crippen molar-refractivity contribution in [2.75, 3.05) is 6.54 Å². The average Bonchev–Trinajstić information content (AvgIpc) is 2.68. The van der Waals surface area contributed by atoms with Crippen LogP contribution in [0.2, 0.25) is 0 Å². The molecule has 0 unspecified atom stereocenters. The molecule has 1 aromatic heterocycles. The molecule has 8 heteroatoms. The largest absolute Gasteiger partial charge is 0.457 e. The first-order valence-corrected chi connectivity index (χ1v) is 9.88. The van der Waals surface area contributed by atoms with Crippen LogP contribution >= 0.6 is 0 Å². The van der Waals surface area contributed by atoms with Crippen LogP contribution in [0.5, 0.6) is 11.5 Å². The number of hydrogen-bond acceptors (Lipinski definition) is 5. The maximum Gasteiger partial charge on any atom is 0.266 e. The second kappa shape index (κ2) is 8.61. The monoisotopic (exact) mass is 385 g/mol. The van der Waals surface area contributed by atoms with Crippen LogP contribution in [-0.2, 0) is 16.6 Å². The molecule has 1 N–H and O–H groups in total. The fourth-order valence-electron chi connectivity index (χ4n) is 2.39. The van der Waals surface area contributed by atoms with Gasteiger partial charge in [-0.3, -0.25) is 4.79 Å². The zero-order valence-corrected chi connectivity index (χ0v) is 15.3. The average molecular weight is 385 g/mol. The Morgan fingerprint density at radius 1 is 0.926 bits per heavy atom. The molecule has 27 heavy (non-hydrogen) atoms. The molecular formula is C19H19N3O4S. The lowest BCUT2D eigenvalue weighted by Crippen LogP contribution is -2.27. The van der Waals surface area contributed by atoms with E-state index in [1.165, 1.54) is 29.1 Å². The SMILES string of the molecule is O=c1cccnn1CCCNS(=O)(=O)c1ccc(Oc2ccccc2)cc1. The van der Waals surface area contributed by atoms with Crippen LogP contribution in [0, 0.1) is 0 Å². The van der Waals surface area contributed by atoms with Crippen molar-refractivity contribution < 1.29 is 13.2 Å². The molecule has 0 atom stereocenters. The highest BCUT2D eigenvalue weighted by atomic mass is 32.2. The van der Waals surface area contributed by atoms with E-state index in [0.29, 0.717) is 24.5 Å². The van der Waals surface area contributed by atoms with Crippen molar-refractivity contribution in [1.29, 1.82) is 0 Å². The van der Waals surface area contributed by atoms with E-state index in [0.717, 1.165) is 0 Å². The van der Waals surface area contributed by atoms with E-state index in [1.54, 1.807) is 18.2 Å². The maximum atomic E-state index is 12.3. The van der Waals surface area contributed by atoms with E-state index >= 15 is 0 Å². The predicted molar refractivity (Wildman–Crippen MR) is 101 cm³/mol. The van der Waals surface area contributed by atoms with E-state index in [2.05, 4.69) is 9.82 Å². The molecule has 0 radical (unpaired) electrons. The Bertz CT molecular complexity index is 1030. The molecule has 7 nitrogen and oxygen atoms in total. The van der Waals surface area contributed by atoms with Gasteiger partial charge in [0.05, 0.1) is 4.90 Å². The van der Waals surface area contributed by atoms with Gasteiger partial charge >= 0.3 is 0 Å². The maximum absolute atomic E-state index is 12.3. The number of hydrogen-bond donors (Lipinski definition) is 1. The Balaban J connectivity index is 1.55. The van der Waals surface area contributed by atoms with Crippen LogP contribution in [0.25, 0.3) is 0 Å². The summed E-state index contributed by atoms with van der Waals surface area (Å²) in [6.07, 6.45) is 1.97. The highest BCUT2D eigenvalue weighted by Crippen LogP contribution is 2.22. The summed E-state index contributed by atoms with van der Waals surface area (Å²) in [5, 5.41) is 3.93. The quantitative estimate of drug-likeness (QED) is 0.602. The van der Waals surface area contributed by atoms with Gasteiger partial charge in [0.15, 0.2) is 0 Å². The smallest absolute Gasteiger partial charge is 0.266 e. The number of rotatable bonds is 8. The summed E-state index contributed by atoms with van der Waals surface area (Å²) in [6, 6.07) is 18.4. The fraction of sp³-hybridized carbons (Fsp3) is 0.158. The van der Waals surface area contributed by atoms with Gasteiger partial charge in [-0.05, 0) is 48.9 Å². The molecule has 0 aliphatic carbocycles. The molecule has 1 heterocycles. The van der Waals surface area contributed by atoms with Gasteiger partial charge in [0.25, 0.3) is 5.56 Å². The Kier molecular flexibility index (Phi) is 6.00. The summed E-state index contributed by atoms with van der Waals surface area (Å²) in [6.45, 7) is 0.541. The number of aryl methyl sites for hydroxylation is 1. The first-order valence-electron chi connectivity index (χ1n) is 8.39.